The Balaban J connectivity index is 1.60. The quantitative estimate of drug-likeness (QED) is 0.807. The van der Waals surface area contributed by atoms with Crippen molar-refractivity contribution in [1.82, 2.24) is 10.6 Å². The van der Waals surface area contributed by atoms with Gasteiger partial charge in [0.2, 0.25) is 11.8 Å². The van der Waals surface area contributed by atoms with Crippen LogP contribution in [0.4, 0.5) is 0 Å². The number of amides is 2. The first-order valence-corrected chi connectivity index (χ1v) is 8.43. The lowest BCUT2D eigenvalue weighted by Crippen LogP contribution is -2.42. The molecule has 3 atom stereocenters. The molecule has 3 heterocycles. The summed E-state index contributed by atoms with van der Waals surface area (Å²) in [6.45, 7) is 4.28. The molecular formula is C17H24N2O5. The molecule has 2 N–H and O–H groups in total. The molecule has 0 bridgehead atoms. The molecule has 7 heteroatoms. The van der Waals surface area contributed by atoms with E-state index in [1.165, 1.54) is 0 Å². The van der Waals surface area contributed by atoms with Crippen molar-refractivity contribution in [3.63, 3.8) is 0 Å². The second-order valence-electron chi connectivity index (χ2n) is 6.38. The van der Waals surface area contributed by atoms with Gasteiger partial charge in [0.05, 0.1) is 25.0 Å². The minimum Gasteiger partial charge on any atom is -0.464 e. The molecular weight excluding hydrogens is 312 g/mol. The molecule has 3 rings (SSSR count). The molecule has 0 aromatic carbocycles. The van der Waals surface area contributed by atoms with Crippen molar-refractivity contribution in [2.24, 2.45) is 11.8 Å². The van der Waals surface area contributed by atoms with Crippen LogP contribution >= 0.6 is 0 Å². The van der Waals surface area contributed by atoms with Crippen molar-refractivity contribution in [3.05, 3.63) is 23.7 Å². The second-order valence-corrected chi connectivity index (χ2v) is 6.38. The number of nitrogens with one attached hydrogen (secondary N) is 2. The van der Waals surface area contributed by atoms with E-state index in [4.69, 9.17) is 13.9 Å². The highest BCUT2D eigenvalue weighted by Gasteiger charge is 2.28. The highest BCUT2D eigenvalue weighted by molar-refractivity contribution is 5.80. The van der Waals surface area contributed by atoms with E-state index in [1.54, 1.807) is 0 Å². The van der Waals surface area contributed by atoms with Crippen molar-refractivity contribution in [2.75, 3.05) is 33.0 Å². The topological polar surface area (TPSA) is 89.8 Å². The number of hydrogen-bond acceptors (Lipinski definition) is 5. The van der Waals surface area contributed by atoms with Crippen LogP contribution in [0.2, 0.25) is 0 Å². The summed E-state index contributed by atoms with van der Waals surface area (Å²) in [4.78, 5) is 24.5. The van der Waals surface area contributed by atoms with Crippen molar-refractivity contribution in [2.45, 2.75) is 25.8 Å². The first-order chi connectivity index (χ1) is 11.6. The van der Waals surface area contributed by atoms with E-state index >= 15 is 0 Å². The Labute approximate surface area is 141 Å². The van der Waals surface area contributed by atoms with Crippen LogP contribution in [0, 0.1) is 18.8 Å². The number of carbonyl (C=O) groups excluding carboxylic acids is 2. The summed E-state index contributed by atoms with van der Waals surface area (Å²) in [6, 6.07) is 3.29. The summed E-state index contributed by atoms with van der Waals surface area (Å²) in [5, 5.41) is 5.88. The molecule has 0 radical (unpaired) electrons. The number of carbonyl (C=O) groups is 2. The van der Waals surface area contributed by atoms with Gasteiger partial charge < -0.3 is 24.5 Å². The molecule has 2 fully saturated rings. The van der Waals surface area contributed by atoms with Gasteiger partial charge in [-0.1, -0.05) is 0 Å². The first-order valence-electron chi connectivity index (χ1n) is 8.43. The molecule has 0 spiro atoms. The summed E-state index contributed by atoms with van der Waals surface area (Å²) in [7, 11) is 0. The zero-order valence-corrected chi connectivity index (χ0v) is 13.9. The van der Waals surface area contributed by atoms with Crippen LogP contribution in [0.15, 0.2) is 16.5 Å². The summed E-state index contributed by atoms with van der Waals surface area (Å²) >= 11 is 0. The van der Waals surface area contributed by atoms with Gasteiger partial charge in [-0.25, -0.2) is 0 Å². The largest absolute Gasteiger partial charge is 0.464 e. The second kappa shape index (κ2) is 7.81. The van der Waals surface area contributed by atoms with Crippen molar-refractivity contribution >= 4 is 11.8 Å². The molecule has 0 unspecified atom stereocenters. The number of rotatable bonds is 6. The Morgan fingerprint density at radius 1 is 1.12 bits per heavy atom. The van der Waals surface area contributed by atoms with E-state index in [2.05, 4.69) is 10.6 Å². The Hall–Kier alpha value is -1.86. The van der Waals surface area contributed by atoms with Gasteiger partial charge in [-0.3, -0.25) is 9.59 Å². The molecule has 1 aromatic rings. The maximum absolute atomic E-state index is 12.4. The molecule has 132 valence electrons. The van der Waals surface area contributed by atoms with Gasteiger partial charge in [0, 0.05) is 19.8 Å². The van der Waals surface area contributed by atoms with Gasteiger partial charge in [0.25, 0.3) is 0 Å². The monoisotopic (exact) mass is 336 g/mol. The predicted octanol–water partition coefficient (Wildman–Crippen LogP) is 0.935. The van der Waals surface area contributed by atoms with E-state index in [0.29, 0.717) is 38.7 Å². The van der Waals surface area contributed by atoms with Crippen molar-refractivity contribution in [3.8, 4) is 0 Å². The Kier molecular flexibility index (Phi) is 5.52. The van der Waals surface area contributed by atoms with Crippen LogP contribution in [0.3, 0.4) is 0 Å². The SMILES string of the molecule is Cc1ccc([C@H](CNC(=O)[C@@H]2CCOC2)NC(=O)[C@H]2CCOC2)o1. The van der Waals surface area contributed by atoms with Crippen LogP contribution in [0.25, 0.3) is 0 Å². The Morgan fingerprint density at radius 3 is 2.33 bits per heavy atom. The molecule has 2 aliphatic heterocycles. The van der Waals surface area contributed by atoms with Crippen LogP contribution < -0.4 is 10.6 Å². The number of hydrogen-bond donors (Lipinski definition) is 2. The van der Waals surface area contributed by atoms with Crippen LogP contribution in [-0.2, 0) is 19.1 Å². The molecule has 1 aromatic heterocycles. The van der Waals surface area contributed by atoms with E-state index in [0.717, 1.165) is 18.6 Å². The summed E-state index contributed by atoms with van der Waals surface area (Å²) in [5.41, 5.74) is 0. The zero-order valence-electron chi connectivity index (χ0n) is 13.9. The zero-order chi connectivity index (χ0) is 16.9. The fraction of sp³-hybridized carbons (Fsp3) is 0.647. The number of ether oxygens (including phenoxy) is 2. The smallest absolute Gasteiger partial charge is 0.226 e. The highest BCUT2D eigenvalue weighted by Crippen LogP contribution is 2.19. The van der Waals surface area contributed by atoms with Crippen LogP contribution in [-0.4, -0.2) is 44.8 Å². The third-order valence-electron chi connectivity index (χ3n) is 4.50. The minimum absolute atomic E-state index is 0.0424. The Morgan fingerprint density at radius 2 is 1.79 bits per heavy atom. The molecule has 24 heavy (non-hydrogen) atoms. The van der Waals surface area contributed by atoms with Crippen LogP contribution in [0.5, 0.6) is 0 Å². The average molecular weight is 336 g/mol. The minimum atomic E-state index is -0.391. The summed E-state index contributed by atoms with van der Waals surface area (Å²) in [5.74, 6) is 1.06. The van der Waals surface area contributed by atoms with Crippen LogP contribution in [0.1, 0.15) is 30.4 Å². The third-order valence-corrected chi connectivity index (χ3v) is 4.50. The lowest BCUT2D eigenvalue weighted by Gasteiger charge is -2.20. The molecule has 2 saturated heterocycles. The van der Waals surface area contributed by atoms with E-state index in [1.807, 2.05) is 19.1 Å². The predicted molar refractivity (Wildman–Crippen MR) is 85.2 cm³/mol. The number of furan rings is 1. The molecule has 0 aliphatic carbocycles. The standard InChI is InChI=1S/C17H24N2O5/c1-11-2-3-15(24-11)14(19-17(21)13-5-7-23-10-13)8-18-16(20)12-4-6-22-9-12/h2-3,12-14H,4-10H2,1H3,(H,18,20)(H,19,21)/t12-,13+,14+/m1/s1. The van der Waals surface area contributed by atoms with Gasteiger partial charge in [-0.05, 0) is 31.9 Å². The normalized spacial score (nSPS) is 24.7. The first kappa shape index (κ1) is 17.0. The lowest BCUT2D eigenvalue weighted by molar-refractivity contribution is -0.127. The summed E-state index contributed by atoms with van der Waals surface area (Å²) in [6.07, 6.45) is 1.46. The third kappa shape index (κ3) is 4.15. The van der Waals surface area contributed by atoms with Gasteiger partial charge in [0.15, 0.2) is 0 Å². The fourth-order valence-electron chi connectivity index (χ4n) is 2.98. The van der Waals surface area contributed by atoms with Crippen molar-refractivity contribution in [1.29, 1.82) is 0 Å². The fourth-order valence-corrected chi connectivity index (χ4v) is 2.98. The summed E-state index contributed by atoms with van der Waals surface area (Å²) < 4.78 is 16.2. The maximum Gasteiger partial charge on any atom is 0.226 e. The van der Waals surface area contributed by atoms with Gasteiger partial charge in [-0.15, -0.1) is 0 Å². The van der Waals surface area contributed by atoms with E-state index in [-0.39, 0.29) is 23.7 Å². The van der Waals surface area contributed by atoms with E-state index in [9.17, 15) is 9.59 Å². The Bertz CT molecular complexity index is 573. The van der Waals surface area contributed by atoms with E-state index < -0.39 is 6.04 Å². The highest BCUT2D eigenvalue weighted by atomic mass is 16.5. The number of aryl methyl sites for hydroxylation is 1. The maximum atomic E-state index is 12.4. The molecule has 0 saturated carbocycles. The average Bonchev–Trinajstić information content (AvgIpc) is 3.32. The lowest BCUT2D eigenvalue weighted by atomic mass is 10.1. The van der Waals surface area contributed by atoms with Gasteiger partial charge in [0.1, 0.15) is 17.6 Å². The molecule has 2 aliphatic rings. The van der Waals surface area contributed by atoms with Gasteiger partial charge in [-0.2, -0.15) is 0 Å². The van der Waals surface area contributed by atoms with Crippen molar-refractivity contribution < 1.29 is 23.5 Å². The molecule has 2 amide bonds. The van der Waals surface area contributed by atoms with Gasteiger partial charge >= 0.3 is 0 Å². The molecule has 7 nitrogen and oxygen atoms in total.